The van der Waals surface area contributed by atoms with Crippen LogP contribution in [0.25, 0.3) is 0 Å². The number of para-hydroxylation sites is 1. The van der Waals surface area contributed by atoms with Gasteiger partial charge in [-0.15, -0.1) is 0 Å². The summed E-state index contributed by atoms with van der Waals surface area (Å²) in [5.41, 5.74) is 0.319. The second-order valence-electron chi connectivity index (χ2n) is 4.22. The fourth-order valence-electron chi connectivity index (χ4n) is 1.73. The van der Waals surface area contributed by atoms with E-state index in [1.165, 1.54) is 30.5 Å². The molecule has 0 bridgehead atoms. The number of aryl methyl sites for hydroxylation is 1. The van der Waals surface area contributed by atoms with Gasteiger partial charge in [0.2, 0.25) is 0 Å². The Hall–Kier alpha value is -2.96. The first-order valence-electron chi connectivity index (χ1n) is 6.00. The highest BCUT2D eigenvalue weighted by atomic mass is 19.1. The van der Waals surface area contributed by atoms with E-state index in [4.69, 9.17) is 5.11 Å². The lowest BCUT2D eigenvalue weighted by molar-refractivity contribution is 0.0691. The summed E-state index contributed by atoms with van der Waals surface area (Å²) in [6.45, 7) is 1.64. The smallest absolute Gasteiger partial charge is 0.356 e. The van der Waals surface area contributed by atoms with E-state index in [0.29, 0.717) is 5.56 Å². The summed E-state index contributed by atoms with van der Waals surface area (Å²) < 4.78 is 13.6. The Kier molecular flexibility index (Phi) is 4.13. The van der Waals surface area contributed by atoms with Gasteiger partial charge in [0, 0.05) is 6.20 Å². The van der Waals surface area contributed by atoms with Crippen molar-refractivity contribution in [3.63, 3.8) is 0 Å². The molecule has 7 heteroatoms. The number of carbonyl (C=O) groups is 2. The number of carboxylic acids is 1. The van der Waals surface area contributed by atoms with Crippen LogP contribution in [0.3, 0.4) is 0 Å². The zero-order valence-electron chi connectivity index (χ0n) is 11.1. The summed E-state index contributed by atoms with van der Waals surface area (Å²) in [5, 5.41) is 13.6. The van der Waals surface area contributed by atoms with E-state index in [9.17, 15) is 14.0 Å². The topological polar surface area (TPSA) is 91.3 Å². The Bertz CT molecular complexity index is 683. The number of hydrogen-bond acceptors (Lipinski definition) is 3. The fourth-order valence-corrected chi connectivity index (χ4v) is 1.73. The maximum atomic E-state index is 13.6. The molecule has 0 aliphatic rings. The minimum atomic E-state index is -1.27. The van der Waals surface area contributed by atoms with E-state index in [0.717, 1.165) is 0 Å². The van der Waals surface area contributed by atoms with Crippen LogP contribution in [0.2, 0.25) is 0 Å². The van der Waals surface area contributed by atoms with Crippen molar-refractivity contribution in [1.29, 1.82) is 0 Å². The van der Waals surface area contributed by atoms with Gasteiger partial charge in [-0.25, -0.2) is 19.0 Å². The van der Waals surface area contributed by atoms with Crippen LogP contribution in [-0.4, -0.2) is 22.1 Å². The van der Waals surface area contributed by atoms with Gasteiger partial charge in [0.15, 0.2) is 5.69 Å². The third-order valence-electron chi connectivity index (χ3n) is 2.72. The number of nitrogens with one attached hydrogen (secondary N) is 2. The van der Waals surface area contributed by atoms with Crippen molar-refractivity contribution in [2.24, 2.45) is 0 Å². The Morgan fingerprint density at radius 2 is 1.95 bits per heavy atom. The predicted octanol–water partition coefficient (Wildman–Crippen LogP) is 2.87. The van der Waals surface area contributed by atoms with Crippen LogP contribution in [0, 0.1) is 12.7 Å². The molecule has 0 unspecified atom stereocenters. The van der Waals surface area contributed by atoms with Crippen LogP contribution in [0.15, 0.2) is 36.5 Å². The van der Waals surface area contributed by atoms with Gasteiger partial charge in [0.25, 0.3) is 0 Å². The molecule has 6 nitrogen and oxygen atoms in total. The number of nitrogens with zero attached hydrogens (tertiary/aromatic N) is 1. The van der Waals surface area contributed by atoms with Crippen molar-refractivity contribution < 1.29 is 19.1 Å². The monoisotopic (exact) mass is 289 g/mol. The number of pyridine rings is 1. The first-order chi connectivity index (χ1) is 9.99. The quantitative estimate of drug-likeness (QED) is 0.810. The largest absolute Gasteiger partial charge is 0.476 e. The number of benzene rings is 1. The first kappa shape index (κ1) is 14.4. The second-order valence-corrected chi connectivity index (χ2v) is 4.22. The third kappa shape index (κ3) is 3.33. The summed E-state index contributed by atoms with van der Waals surface area (Å²) in [6.07, 6.45) is 1.30. The van der Waals surface area contributed by atoms with Crippen molar-refractivity contribution in [2.75, 3.05) is 10.6 Å². The number of urea groups is 1. The molecule has 3 N–H and O–H groups in total. The molecule has 2 aromatic rings. The molecule has 1 aromatic carbocycles. The van der Waals surface area contributed by atoms with Crippen molar-refractivity contribution in [3.8, 4) is 0 Å². The molecular weight excluding hydrogens is 277 g/mol. The number of carboxylic acid groups (broad SMARTS) is 1. The van der Waals surface area contributed by atoms with E-state index in [1.54, 1.807) is 13.0 Å². The number of hydrogen-bond donors (Lipinski definition) is 3. The molecule has 0 saturated carbocycles. The zero-order chi connectivity index (χ0) is 15.4. The summed E-state index contributed by atoms with van der Waals surface area (Å²) >= 11 is 0. The van der Waals surface area contributed by atoms with Gasteiger partial charge < -0.3 is 15.7 Å². The van der Waals surface area contributed by atoms with Crippen LogP contribution in [0.1, 0.15) is 16.1 Å². The van der Waals surface area contributed by atoms with Gasteiger partial charge in [-0.05, 0) is 30.7 Å². The molecule has 1 aromatic heterocycles. The Balaban J connectivity index is 2.18. The molecule has 0 aliphatic heterocycles. The molecule has 1 heterocycles. The highest BCUT2D eigenvalue weighted by Crippen LogP contribution is 2.19. The van der Waals surface area contributed by atoms with Crippen molar-refractivity contribution in [1.82, 2.24) is 4.98 Å². The molecule has 0 saturated heterocycles. The standard InChI is InChI=1S/C14H12FN3O3/c1-8-4-2-5-9(15)11(8)18-14(21)17-10-6-3-7-16-12(10)13(19)20/h2-7H,1H3,(H,19,20)(H2,17,18,21). The van der Waals surface area contributed by atoms with Crippen LogP contribution >= 0.6 is 0 Å². The van der Waals surface area contributed by atoms with Crippen molar-refractivity contribution >= 4 is 23.4 Å². The van der Waals surface area contributed by atoms with E-state index >= 15 is 0 Å². The van der Waals surface area contributed by atoms with Gasteiger partial charge in [0.05, 0.1) is 11.4 Å². The van der Waals surface area contributed by atoms with E-state index in [2.05, 4.69) is 15.6 Å². The molecule has 0 fully saturated rings. The Morgan fingerprint density at radius 1 is 1.19 bits per heavy atom. The number of rotatable bonds is 3. The lowest BCUT2D eigenvalue weighted by Crippen LogP contribution is -2.22. The van der Waals surface area contributed by atoms with Crippen LogP contribution in [0.5, 0.6) is 0 Å². The van der Waals surface area contributed by atoms with Gasteiger partial charge in [-0.1, -0.05) is 12.1 Å². The number of aromatic nitrogens is 1. The normalized spacial score (nSPS) is 10.0. The first-order valence-corrected chi connectivity index (χ1v) is 6.00. The highest BCUT2D eigenvalue weighted by Gasteiger charge is 2.14. The number of anilines is 2. The molecule has 2 amide bonds. The van der Waals surface area contributed by atoms with E-state index in [-0.39, 0.29) is 17.1 Å². The number of aromatic carboxylic acids is 1. The number of carbonyl (C=O) groups excluding carboxylic acids is 1. The highest BCUT2D eigenvalue weighted by molar-refractivity contribution is 6.04. The molecular formula is C14H12FN3O3. The zero-order valence-corrected chi connectivity index (χ0v) is 11.1. The summed E-state index contributed by atoms with van der Waals surface area (Å²) in [4.78, 5) is 26.5. The second kappa shape index (κ2) is 6.00. The third-order valence-corrected chi connectivity index (χ3v) is 2.72. The molecule has 2 rings (SSSR count). The average Bonchev–Trinajstić information content (AvgIpc) is 2.43. The van der Waals surface area contributed by atoms with Crippen LogP contribution in [0.4, 0.5) is 20.6 Å². The molecule has 0 radical (unpaired) electrons. The Labute approximate surface area is 119 Å². The molecule has 108 valence electrons. The van der Waals surface area contributed by atoms with Crippen molar-refractivity contribution in [2.45, 2.75) is 6.92 Å². The van der Waals surface area contributed by atoms with Crippen molar-refractivity contribution in [3.05, 3.63) is 53.6 Å². The minimum absolute atomic E-state index is 0.0245. The summed E-state index contributed by atoms with van der Waals surface area (Å²) in [7, 11) is 0. The fraction of sp³-hybridized carbons (Fsp3) is 0.0714. The number of amides is 2. The van der Waals surface area contributed by atoms with Gasteiger partial charge in [-0.3, -0.25) is 0 Å². The summed E-state index contributed by atoms with van der Waals surface area (Å²) in [6, 6.07) is 6.51. The Morgan fingerprint density at radius 3 is 2.62 bits per heavy atom. The lowest BCUT2D eigenvalue weighted by Gasteiger charge is -2.11. The maximum absolute atomic E-state index is 13.6. The predicted molar refractivity (Wildman–Crippen MR) is 75.0 cm³/mol. The van der Waals surface area contributed by atoms with Crippen LogP contribution in [-0.2, 0) is 0 Å². The van der Waals surface area contributed by atoms with E-state index in [1.807, 2.05) is 0 Å². The van der Waals surface area contributed by atoms with Gasteiger partial charge >= 0.3 is 12.0 Å². The molecule has 0 spiro atoms. The summed E-state index contributed by atoms with van der Waals surface area (Å²) in [5.74, 6) is -1.84. The molecule has 0 aliphatic carbocycles. The number of halogens is 1. The van der Waals surface area contributed by atoms with E-state index < -0.39 is 17.8 Å². The molecule has 0 atom stereocenters. The SMILES string of the molecule is Cc1cccc(F)c1NC(=O)Nc1cccnc1C(=O)O. The lowest BCUT2D eigenvalue weighted by atomic mass is 10.2. The van der Waals surface area contributed by atoms with Gasteiger partial charge in [-0.2, -0.15) is 0 Å². The molecule has 21 heavy (non-hydrogen) atoms. The van der Waals surface area contributed by atoms with Gasteiger partial charge in [0.1, 0.15) is 5.82 Å². The average molecular weight is 289 g/mol. The van der Waals surface area contributed by atoms with Crippen LogP contribution < -0.4 is 10.6 Å². The minimum Gasteiger partial charge on any atom is -0.476 e. The maximum Gasteiger partial charge on any atom is 0.356 e.